The highest BCUT2D eigenvalue weighted by Crippen LogP contribution is 2.05. The highest BCUT2D eigenvalue weighted by Gasteiger charge is 2.00. The molecule has 0 aliphatic heterocycles. The van der Waals surface area contributed by atoms with Gasteiger partial charge in [-0.1, -0.05) is 0 Å². The molecule has 3 nitrogen and oxygen atoms in total. The Labute approximate surface area is 77.2 Å². The second-order valence-corrected chi connectivity index (χ2v) is 3.13. The standard InChI is InChI=1S/C8H12ClN3/c1-6-3-8(12-10-5-6)11-7(2)4-9/h3,5,7H,4H2,1-2H3,(H,11,12). The summed E-state index contributed by atoms with van der Waals surface area (Å²) in [6.45, 7) is 3.97. The fourth-order valence-electron chi connectivity index (χ4n) is 0.825. The van der Waals surface area contributed by atoms with E-state index in [1.807, 2.05) is 19.9 Å². The van der Waals surface area contributed by atoms with Crippen molar-refractivity contribution in [2.24, 2.45) is 0 Å². The van der Waals surface area contributed by atoms with Crippen molar-refractivity contribution in [2.75, 3.05) is 11.2 Å². The molecular weight excluding hydrogens is 174 g/mol. The van der Waals surface area contributed by atoms with Crippen LogP contribution in [-0.4, -0.2) is 22.1 Å². The zero-order valence-corrected chi connectivity index (χ0v) is 7.97. The summed E-state index contributed by atoms with van der Waals surface area (Å²) >= 11 is 5.63. The molecule has 12 heavy (non-hydrogen) atoms. The second-order valence-electron chi connectivity index (χ2n) is 2.82. The molecular formula is C8H12ClN3. The molecule has 0 spiro atoms. The number of hydrogen-bond donors (Lipinski definition) is 1. The normalized spacial score (nSPS) is 12.6. The lowest BCUT2D eigenvalue weighted by Gasteiger charge is -2.09. The van der Waals surface area contributed by atoms with Gasteiger partial charge in [0.25, 0.3) is 0 Å². The minimum Gasteiger partial charge on any atom is -0.365 e. The Hall–Kier alpha value is -0.830. The molecule has 0 aliphatic carbocycles. The predicted octanol–water partition coefficient (Wildman–Crippen LogP) is 1.82. The summed E-state index contributed by atoms with van der Waals surface area (Å²) in [6, 6.07) is 2.17. The third-order valence-corrected chi connectivity index (χ3v) is 1.88. The van der Waals surface area contributed by atoms with E-state index in [-0.39, 0.29) is 6.04 Å². The summed E-state index contributed by atoms with van der Waals surface area (Å²) in [5.41, 5.74) is 1.09. The Morgan fingerprint density at radius 1 is 1.67 bits per heavy atom. The first-order valence-corrected chi connectivity index (χ1v) is 4.37. The molecule has 1 rings (SSSR count). The van der Waals surface area contributed by atoms with Crippen LogP contribution in [0, 0.1) is 6.92 Å². The van der Waals surface area contributed by atoms with E-state index in [9.17, 15) is 0 Å². The van der Waals surface area contributed by atoms with Crippen LogP contribution in [0.1, 0.15) is 12.5 Å². The minimum absolute atomic E-state index is 0.225. The highest BCUT2D eigenvalue weighted by atomic mass is 35.5. The molecule has 1 unspecified atom stereocenters. The maximum atomic E-state index is 5.63. The smallest absolute Gasteiger partial charge is 0.149 e. The van der Waals surface area contributed by atoms with Gasteiger partial charge in [0.15, 0.2) is 0 Å². The van der Waals surface area contributed by atoms with Crippen LogP contribution in [0.3, 0.4) is 0 Å². The van der Waals surface area contributed by atoms with E-state index >= 15 is 0 Å². The summed E-state index contributed by atoms with van der Waals surface area (Å²) in [7, 11) is 0. The topological polar surface area (TPSA) is 37.8 Å². The SMILES string of the molecule is Cc1cnnc(NC(C)CCl)c1. The first kappa shape index (κ1) is 9.26. The van der Waals surface area contributed by atoms with E-state index in [2.05, 4.69) is 15.5 Å². The van der Waals surface area contributed by atoms with Crippen molar-refractivity contribution < 1.29 is 0 Å². The third-order valence-electron chi connectivity index (χ3n) is 1.42. The minimum atomic E-state index is 0.225. The van der Waals surface area contributed by atoms with E-state index < -0.39 is 0 Å². The highest BCUT2D eigenvalue weighted by molar-refractivity contribution is 6.18. The summed E-state index contributed by atoms with van der Waals surface area (Å²) in [5, 5.41) is 10.9. The first-order valence-electron chi connectivity index (χ1n) is 3.84. The number of aryl methyl sites for hydroxylation is 1. The first-order chi connectivity index (χ1) is 5.72. The molecule has 0 fully saturated rings. The van der Waals surface area contributed by atoms with Crippen molar-refractivity contribution in [3.63, 3.8) is 0 Å². The van der Waals surface area contributed by atoms with Gasteiger partial charge in [0.05, 0.1) is 6.20 Å². The van der Waals surface area contributed by atoms with Gasteiger partial charge in [0.1, 0.15) is 5.82 Å². The van der Waals surface area contributed by atoms with Gasteiger partial charge < -0.3 is 5.32 Å². The van der Waals surface area contributed by atoms with Crippen molar-refractivity contribution in [1.29, 1.82) is 0 Å². The number of alkyl halides is 1. The molecule has 4 heteroatoms. The van der Waals surface area contributed by atoms with Crippen molar-refractivity contribution in [2.45, 2.75) is 19.9 Å². The number of aromatic nitrogens is 2. The van der Waals surface area contributed by atoms with Gasteiger partial charge >= 0.3 is 0 Å². The van der Waals surface area contributed by atoms with Crippen LogP contribution >= 0.6 is 11.6 Å². The van der Waals surface area contributed by atoms with Gasteiger partial charge in [-0.25, -0.2) is 0 Å². The molecule has 0 aromatic carbocycles. The Kier molecular flexibility index (Phi) is 3.29. The zero-order valence-electron chi connectivity index (χ0n) is 7.21. The van der Waals surface area contributed by atoms with E-state index in [4.69, 9.17) is 11.6 Å². The molecule has 1 aromatic rings. The monoisotopic (exact) mass is 185 g/mol. The van der Waals surface area contributed by atoms with E-state index in [0.29, 0.717) is 5.88 Å². The predicted molar refractivity (Wildman–Crippen MR) is 50.6 cm³/mol. The lowest BCUT2D eigenvalue weighted by atomic mass is 10.3. The Bertz CT molecular complexity index is 252. The fraction of sp³-hybridized carbons (Fsp3) is 0.500. The average molecular weight is 186 g/mol. The van der Waals surface area contributed by atoms with Crippen LogP contribution in [-0.2, 0) is 0 Å². The Morgan fingerprint density at radius 2 is 2.42 bits per heavy atom. The third kappa shape index (κ3) is 2.66. The Balaban J connectivity index is 2.63. The van der Waals surface area contributed by atoms with Crippen LogP contribution in [0.15, 0.2) is 12.3 Å². The lowest BCUT2D eigenvalue weighted by molar-refractivity contribution is 0.878. The molecule has 0 amide bonds. The molecule has 0 radical (unpaired) electrons. The fourth-order valence-corrected chi connectivity index (χ4v) is 0.903. The number of nitrogens with one attached hydrogen (secondary N) is 1. The molecule has 1 N–H and O–H groups in total. The van der Waals surface area contributed by atoms with Crippen molar-refractivity contribution in [3.8, 4) is 0 Å². The van der Waals surface area contributed by atoms with Gasteiger partial charge in [-0.2, -0.15) is 5.10 Å². The molecule has 0 aliphatic rings. The number of rotatable bonds is 3. The largest absolute Gasteiger partial charge is 0.365 e. The summed E-state index contributed by atoms with van der Waals surface area (Å²) in [4.78, 5) is 0. The summed E-state index contributed by atoms with van der Waals surface area (Å²) in [5.74, 6) is 1.35. The van der Waals surface area contributed by atoms with E-state index in [1.54, 1.807) is 6.20 Å². The van der Waals surface area contributed by atoms with E-state index in [1.165, 1.54) is 0 Å². The van der Waals surface area contributed by atoms with Crippen LogP contribution in [0.2, 0.25) is 0 Å². The maximum Gasteiger partial charge on any atom is 0.149 e. The lowest BCUT2D eigenvalue weighted by Crippen LogP contribution is -2.17. The van der Waals surface area contributed by atoms with Crippen LogP contribution in [0.25, 0.3) is 0 Å². The Morgan fingerprint density at radius 3 is 3.00 bits per heavy atom. The molecule has 0 saturated carbocycles. The van der Waals surface area contributed by atoms with Gasteiger partial charge in [-0.05, 0) is 25.5 Å². The molecule has 0 saturated heterocycles. The molecule has 1 aromatic heterocycles. The van der Waals surface area contributed by atoms with Gasteiger partial charge in [-0.15, -0.1) is 16.7 Å². The van der Waals surface area contributed by atoms with Gasteiger partial charge in [0, 0.05) is 11.9 Å². The van der Waals surface area contributed by atoms with Gasteiger partial charge in [-0.3, -0.25) is 0 Å². The van der Waals surface area contributed by atoms with Crippen LogP contribution in [0.4, 0.5) is 5.82 Å². The zero-order chi connectivity index (χ0) is 8.97. The summed E-state index contributed by atoms with van der Waals surface area (Å²) in [6.07, 6.45) is 1.72. The van der Waals surface area contributed by atoms with Crippen molar-refractivity contribution >= 4 is 17.4 Å². The number of anilines is 1. The summed E-state index contributed by atoms with van der Waals surface area (Å²) < 4.78 is 0. The average Bonchev–Trinajstić information content (AvgIpc) is 2.04. The van der Waals surface area contributed by atoms with Gasteiger partial charge in [0.2, 0.25) is 0 Å². The van der Waals surface area contributed by atoms with Crippen molar-refractivity contribution in [3.05, 3.63) is 17.8 Å². The molecule has 1 heterocycles. The van der Waals surface area contributed by atoms with Crippen molar-refractivity contribution in [1.82, 2.24) is 10.2 Å². The number of halogens is 1. The molecule has 1 atom stereocenters. The molecule has 0 bridgehead atoms. The van der Waals surface area contributed by atoms with Crippen LogP contribution < -0.4 is 5.32 Å². The maximum absolute atomic E-state index is 5.63. The molecule has 66 valence electrons. The van der Waals surface area contributed by atoms with Crippen LogP contribution in [0.5, 0.6) is 0 Å². The second kappa shape index (κ2) is 4.26. The number of nitrogens with zero attached hydrogens (tertiary/aromatic N) is 2. The number of hydrogen-bond acceptors (Lipinski definition) is 3. The quantitative estimate of drug-likeness (QED) is 0.731. The van der Waals surface area contributed by atoms with E-state index in [0.717, 1.165) is 11.4 Å².